The highest BCUT2D eigenvalue weighted by molar-refractivity contribution is 5.77. The van der Waals surface area contributed by atoms with E-state index in [1.165, 1.54) is 0 Å². The molecule has 0 bridgehead atoms. The molecule has 1 aliphatic rings. The second-order valence-corrected chi connectivity index (χ2v) is 8.26. The number of aromatic nitrogens is 4. The maximum Gasteiger partial charge on any atom is 0.453 e. The number of carbonyl (C=O) groups excluding carboxylic acids is 1. The van der Waals surface area contributed by atoms with Crippen LogP contribution in [-0.4, -0.2) is 51.2 Å². The molecule has 0 spiro atoms. The van der Waals surface area contributed by atoms with Crippen molar-refractivity contribution in [2.75, 3.05) is 20.8 Å². The second-order valence-electron chi connectivity index (χ2n) is 8.26. The van der Waals surface area contributed by atoms with Crippen LogP contribution in [0.5, 0.6) is 11.5 Å². The first-order chi connectivity index (χ1) is 16.1. The number of hydrogen-bond acceptors (Lipinski definition) is 6. The van der Waals surface area contributed by atoms with E-state index >= 15 is 0 Å². The first kappa shape index (κ1) is 23.8. The summed E-state index contributed by atoms with van der Waals surface area (Å²) < 4.78 is 51.0. The van der Waals surface area contributed by atoms with Crippen molar-refractivity contribution in [3.63, 3.8) is 0 Å². The summed E-state index contributed by atoms with van der Waals surface area (Å²) in [6.07, 6.45) is -2.43. The van der Waals surface area contributed by atoms with Gasteiger partial charge in [-0.15, -0.1) is 5.10 Å². The summed E-state index contributed by atoms with van der Waals surface area (Å²) in [6, 6.07) is 5.46. The SMILES string of the molecule is COc1ccc([C@@H]2CCCN2C(=O)CCc2c(C)nc3nc(C(F)(F)F)nn3c2C)c(OC)c1. The van der Waals surface area contributed by atoms with E-state index in [1.807, 2.05) is 17.0 Å². The number of methoxy groups -OCH3 is 2. The van der Waals surface area contributed by atoms with Gasteiger partial charge < -0.3 is 14.4 Å². The highest BCUT2D eigenvalue weighted by atomic mass is 19.4. The van der Waals surface area contributed by atoms with Crippen molar-refractivity contribution in [2.24, 2.45) is 0 Å². The molecule has 11 heteroatoms. The largest absolute Gasteiger partial charge is 0.497 e. The van der Waals surface area contributed by atoms with Crippen LogP contribution in [-0.2, 0) is 17.4 Å². The molecule has 1 aromatic carbocycles. The molecule has 182 valence electrons. The van der Waals surface area contributed by atoms with Gasteiger partial charge in [-0.2, -0.15) is 18.2 Å². The molecule has 3 heterocycles. The van der Waals surface area contributed by atoms with Crippen molar-refractivity contribution in [1.82, 2.24) is 24.5 Å². The molecule has 8 nitrogen and oxygen atoms in total. The minimum absolute atomic E-state index is 0.0335. The molecule has 3 aromatic rings. The van der Waals surface area contributed by atoms with E-state index in [9.17, 15) is 18.0 Å². The Morgan fingerprint density at radius 2 is 1.94 bits per heavy atom. The summed E-state index contributed by atoms with van der Waals surface area (Å²) in [5.74, 6) is -0.0364. The summed E-state index contributed by atoms with van der Waals surface area (Å²) in [5, 5.41) is 3.57. The lowest BCUT2D eigenvalue weighted by molar-refractivity contribution is -0.144. The Balaban J connectivity index is 1.54. The van der Waals surface area contributed by atoms with E-state index < -0.39 is 12.0 Å². The van der Waals surface area contributed by atoms with Crippen molar-refractivity contribution < 1.29 is 27.4 Å². The van der Waals surface area contributed by atoms with Crippen LogP contribution in [0.2, 0.25) is 0 Å². The Bertz CT molecular complexity index is 1220. The molecule has 1 saturated heterocycles. The van der Waals surface area contributed by atoms with Crippen molar-refractivity contribution in [3.05, 3.63) is 46.5 Å². The summed E-state index contributed by atoms with van der Waals surface area (Å²) in [7, 11) is 3.17. The molecule has 0 saturated carbocycles. The summed E-state index contributed by atoms with van der Waals surface area (Å²) in [6.45, 7) is 4.00. The van der Waals surface area contributed by atoms with E-state index in [2.05, 4.69) is 15.1 Å². The van der Waals surface area contributed by atoms with Gasteiger partial charge in [0.2, 0.25) is 5.91 Å². The number of fused-ring (bicyclic) bond motifs is 1. The zero-order valence-corrected chi connectivity index (χ0v) is 19.4. The van der Waals surface area contributed by atoms with Gasteiger partial charge >= 0.3 is 6.18 Å². The van der Waals surface area contributed by atoms with Crippen molar-refractivity contribution in [1.29, 1.82) is 0 Å². The highest BCUT2D eigenvalue weighted by Gasteiger charge is 2.37. The molecule has 0 N–H and O–H groups in total. The van der Waals surface area contributed by atoms with E-state index in [0.717, 1.165) is 22.9 Å². The first-order valence-electron chi connectivity index (χ1n) is 11.0. The summed E-state index contributed by atoms with van der Waals surface area (Å²) in [4.78, 5) is 22.7. The molecule has 0 radical (unpaired) electrons. The molecule has 1 amide bonds. The van der Waals surface area contributed by atoms with Crippen LogP contribution in [0.25, 0.3) is 5.78 Å². The number of alkyl halides is 3. The standard InChI is InChI=1S/C23H26F3N5O3/c1-13-16(14(2)31-22(27-13)28-21(29-31)23(24,25)26)9-10-20(32)30-11-5-6-18(30)17-8-7-15(33-3)12-19(17)34-4/h7-8,12,18H,5-6,9-11H2,1-4H3/t18-/m0/s1. The number of amides is 1. The predicted molar refractivity (Wildman–Crippen MR) is 117 cm³/mol. The second kappa shape index (κ2) is 9.11. The fourth-order valence-corrected chi connectivity index (χ4v) is 4.55. The minimum atomic E-state index is -4.66. The van der Waals surface area contributed by atoms with Crippen molar-refractivity contribution in [2.45, 2.75) is 51.7 Å². The molecular formula is C23H26F3N5O3. The lowest BCUT2D eigenvalue weighted by Gasteiger charge is -2.27. The Kier molecular flexibility index (Phi) is 6.37. The molecular weight excluding hydrogens is 451 g/mol. The number of rotatable bonds is 6. The lowest BCUT2D eigenvalue weighted by atomic mass is 10.0. The summed E-state index contributed by atoms with van der Waals surface area (Å²) in [5.41, 5.74) is 2.64. The number of nitrogens with zero attached hydrogens (tertiary/aromatic N) is 5. The zero-order valence-electron chi connectivity index (χ0n) is 19.4. The highest BCUT2D eigenvalue weighted by Crippen LogP contribution is 2.39. The Hall–Kier alpha value is -3.37. The van der Waals surface area contributed by atoms with Crippen LogP contribution < -0.4 is 9.47 Å². The normalized spacial score (nSPS) is 16.3. The molecule has 0 aliphatic carbocycles. The number of benzene rings is 1. The van der Waals surface area contributed by atoms with Crippen molar-refractivity contribution >= 4 is 11.7 Å². The number of likely N-dealkylation sites (tertiary alicyclic amines) is 1. The third-order valence-electron chi connectivity index (χ3n) is 6.26. The molecule has 1 fully saturated rings. The Morgan fingerprint density at radius 3 is 2.62 bits per heavy atom. The van der Waals surface area contributed by atoms with Gasteiger partial charge in [-0.25, -0.2) is 9.50 Å². The van der Waals surface area contributed by atoms with Gasteiger partial charge in [0.25, 0.3) is 11.6 Å². The van der Waals surface area contributed by atoms with Crippen LogP contribution in [0.15, 0.2) is 18.2 Å². The molecule has 1 atom stereocenters. The molecule has 0 unspecified atom stereocenters. The number of halogens is 3. The maximum atomic E-state index is 13.2. The van der Waals surface area contributed by atoms with Crippen LogP contribution >= 0.6 is 0 Å². The van der Waals surface area contributed by atoms with Crippen LogP contribution in [0.1, 0.15) is 53.6 Å². The van der Waals surface area contributed by atoms with Crippen LogP contribution in [0, 0.1) is 13.8 Å². The number of carbonyl (C=O) groups is 1. The van der Waals surface area contributed by atoms with Gasteiger partial charge in [-0.3, -0.25) is 4.79 Å². The fourth-order valence-electron chi connectivity index (χ4n) is 4.55. The summed E-state index contributed by atoms with van der Waals surface area (Å²) >= 11 is 0. The van der Waals surface area contributed by atoms with E-state index in [4.69, 9.17) is 9.47 Å². The van der Waals surface area contributed by atoms with Gasteiger partial charge in [0, 0.05) is 36.0 Å². The quantitative estimate of drug-likeness (QED) is 0.532. The fraction of sp³-hybridized carbons (Fsp3) is 0.478. The third-order valence-corrected chi connectivity index (χ3v) is 6.26. The Labute approximate surface area is 194 Å². The lowest BCUT2D eigenvalue weighted by Crippen LogP contribution is -2.31. The number of ether oxygens (including phenoxy) is 2. The smallest absolute Gasteiger partial charge is 0.453 e. The molecule has 2 aromatic heterocycles. The van der Waals surface area contributed by atoms with E-state index in [0.29, 0.717) is 41.4 Å². The maximum absolute atomic E-state index is 13.2. The Morgan fingerprint density at radius 1 is 1.18 bits per heavy atom. The molecule has 1 aliphatic heterocycles. The molecule has 34 heavy (non-hydrogen) atoms. The monoisotopic (exact) mass is 477 g/mol. The van der Waals surface area contributed by atoms with Crippen LogP contribution in [0.4, 0.5) is 13.2 Å². The van der Waals surface area contributed by atoms with E-state index in [1.54, 1.807) is 34.1 Å². The predicted octanol–water partition coefficient (Wildman–Crippen LogP) is 4.07. The van der Waals surface area contributed by atoms with Crippen LogP contribution in [0.3, 0.4) is 0 Å². The van der Waals surface area contributed by atoms with Gasteiger partial charge in [-0.05, 0) is 50.8 Å². The molecule has 4 rings (SSSR count). The zero-order chi connectivity index (χ0) is 24.6. The minimum Gasteiger partial charge on any atom is -0.497 e. The van der Waals surface area contributed by atoms with E-state index in [-0.39, 0.29) is 24.1 Å². The van der Waals surface area contributed by atoms with Gasteiger partial charge in [-0.1, -0.05) is 0 Å². The number of hydrogen-bond donors (Lipinski definition) is 0. The van der Waals surface area contributed by atoms with Gasteiger partial charge in [0.1, 0.15) is 11.5 Å². The van der Waals surface area contributed by atoms with Gasteiger partial charge in [0.15, 0.2) is 0 Å². The topological polar surface area (TPSA) is 81.9 Å². The first-order valence-corrected chi connectivity index (χ1v) is 11.0. The average molecular weight is 477 g/mol. The number of aryl methyl sites for hydroxylation is 2. The van der Waals surface area contributed by atoms with Crippen molar-refractivity contribution in [3.8, 4) is 11.5 Å². The third kappa shape index (κ3) is 4.38. The average Bonchev–Trinajstić information content (AvgIpc) is 3.45. The van der Waals surface area contributed by atoms with Gasteiger partial charge in [0.05, 0.1) is 20.3 Å².